The highest BCUT2D eigenvalue weighted by atomic mass is 19.1. The van der Waals surface area contributed by atoms with Crippen LogP contribution in [0.1, 0.15) is 0 Å². The Labute approximate surface area is 43.3 Å². The van der Waals surface area contributed by atoms with Crippen molar-refractivity contribution in [1.29, 1.82) is 0 Å². The molecule has 3 heteroatoms. The van der Waals surface area contributed by atoms with Gasteiger partial charge in [0.2, 0.25) is 0 Å². The van der Waals surface area contributed by atoms with Crippen LogP contribution in [0.15, 0.2) is 0 Å². The number of nitrogens with one attached hydrogen (secondary N) is 1. The summed E-state index contributed by atoms with van der Waals surface area (Å²) in [5.74, 6) is 0. The van der Waals surface area contributed by atoms with Crippen molar-refractivity contribution < 1.29 is 4.39 Å². The van der Waals surface area contributed by atoms with E-state index in [0.717, 1.165) is 0 Å². The van der Waals surface area contributed by atoms with Gasteiger partial charge in [-0.1, -0.05) is 0 Å². The number of hydrogen-bond donors (Lipinski definition) is 1. The van der Waals surface area contributed by atoms with E-state index >= 15 is 0 Å². The van der Waals surface area contributed by atoms with Crippen LogP contribution in [0, 0.1) is 0 Å². The smallest absolute Gasteiger partial charge is 0.103 e. The van der Waals surface area contributed by atoms with Crippen molar-refractivity contribution >= 4 is 0 Å². The van der Waals surface area contributed by atoms with Crippen LogP contribution in [0.2, 0.25) is 0 Å². The Balaban J connectivity index is 2.83. The first-order valence-corrected chi connectivity index (χ1v) is 2.25. The molecule has 7 heavy (non-hydrogen) atoms. The van der Waals surface area contributed by atoms with Gasteiger partial charge in [-0.25, -0.2) is 9.40 Å². The fourth-order valence-corrected chi connectivity index (χ4v) is 0.239. The lowest BCUT2D eigenvalue weighted by atomic mass is 10.7. The van der Waals surface area contributed by atoms with E-state index in [4.69, 9.17) is 0 Å². The molecule has 0 aliphatic heterocycles. The van der Waals surface area contributed by atoms with Crippen molar-refractivity contribution in [3.8, 4) is 0 Å². The Morgan fingerprint density at radius 3 is 2.43 bits per heavy atom. The Hall–Kier alpha value is -0.150. The van der Waals surface area contributed by atoms with Crippen LogP contribution < -0.4 is 5.43 Å². The second-order valence-electron chi connectivity index (χ2n) is 1.33. The average Bonchev–Trinajstić information content (AvgIpc) is 1.68. The minimum Gasteiger partial charge on any atom is -0.258 e. The molecule has 0 spiro atoms. The second kappa shape index (κ2) is 4.02. The molecule has 0 aromatic carbocycles. The average molecular weight is 106 g/mol. The largest absolute Gasteiger partial charge is 0.258 e. The van der Waals surface area contributed by atoms with E-state index in [1.165, 1.54) is 0 Å². The standard InChI is InChI=1S/C4H11FN2/c1-6-7(2)4-3-5/h6H,3-4H2,1-2H3. The van der Waals surface area contributed by atoms with Gasteiger partial charge in [0, 0.05) is 13.6 Å². The second-order valence-corrected chi connectivity index (χ2v) is 1.33. The van der Waals surface area contributed by atoms with Crippen LogP contribution in [-0.4, -0.2) is 32.3 Å². The number of hydrogen-bond acceptors (Lipinski definition) is 2. The molecule has 0 saturated carbocycles. The lowest BCUT2D eigenvalue weighted by Gasteiger charge is -2.10. The van der Waals surface area contributed by atoms with Gasteiger partial charge in [0.05, 0.1) is 0 Å². The van der Waals surface area contributed by atoms with Gasteiger partial charge in [-0.2, -0.15) is 0 Å². The third kappa shape index (κ3) is 3.69. The van der Waals surface area contributed by atoms with E-state index in [2.05, 4.69) is 5.43 Å². The predicted octanol–water partition coefficient (Wildman–Crippen LogP) is 0.0221. The first-order chi connectivity index (χ1) is 3.31. The maximum Gasteiger partial charge on any atom is 0.103 e. The van der Waals surface area contributed by atoms with Gasteiger partial charge in [0.25, 0.3) is 0 Å². The lowest BCUT2D eigenvalue weighted by molar-refractivity contribution is 0.236. The van der Waals surface area contributed by atoms with Crippen LogP contribution in [0.4, 0.5) is 4.39 Å². The Morgan fingerprint density at radius 2 is 2.29 bits per heavy atom. The molecule has 0 fully saturated rings. The lowest BCUT2D eigenvalue weighted by Crippen LogP contribution is -2.32. The normalized spacial score (nSPS) is 10.3. The summed E-state index contributed by atoms with van der Waals surface area (Å²) in [4.78, 5) is 0. The molecule has 0 unspecified atom stereocenters. The highest BCUT2D eigenvalue weighted by Crippen LogP contribution is 1.71. The molecule has 0 atom stereocenters. The van der Waals surface area contributed by atoms with Crippen LogP contribution in [-0.2, 0) is 0 Å². The Bertz CT molecular complexity index is 40.7. The fraction of sp³-hybridized carbons (Fsp3) is 1.00. The Kier molecular flexibility index (Phi) is 3.93. The zero-order chi connectivity index (χ0) is 5.70. The maximum atomic E-state index is 11.3. The number of hydrazine groups is 1. The molecular weight excluding hydrogens is 95.1 g/mol. The van der Waals surface area contributed by atoms with Gasteiger partial charge in [-0.3, -0.25) is 5.43 Å². The van der Waals surface area contributed by atoms with E-state index in [1.807, 2.05) is 0 Å². The van der Waals surface area contributed by atoms with E-state index < -0.39 is 0 Å². The third-order valence-corrected chi connectivity index (χ3v) is 0.802. The first-order valence-electron chi connectivity index (χ1n) is 2.25. The summed E-state index contributed by atoms with van der Waals surface area (Å²) in [6.45, 7) is 0.161. The summed E-state index contributed by atoms with van der Waals surface area (Å²) in [7, 11) is 3.55. The van der Waals surface area contributed by atoms with Crippen molar-refractivity contribution in [1.82, 2.24) is 10.4 Å². The monoisotopic (exact) mass is 106 g/mol. The molecule has 0 aliphatic rings. The van der Waals surface area contributed by atoms with Crippen molar-refractivity contribution in [2.75, 3.05) is 27.3 Å². The molecule has 2 nitrogen and oxygen atoms in total. The van der Waals surface area contributed by atoms with Crippen molar-refractivity contribution in [3.05, 3.63) is 0 Å². The summed E-state index contributed by atoms with van der Waals surface area (Å²) in [5, 5.41) is 1.68. The predicted molar refractivity (Wildman–Crippen MR) is 27.7 cm³/mol. The molecule has 1 N–H and O–H groups in total. The first kappa shape index (κ1) is 6.85. The van der Waals surface area contributed by atoms with Gasteiger partial charge < -0.3 is 0 Å². The van der Waals surface area contributed by atoms with Crippen molar-refractivity contribution in [2.24, 2.45) is 0 Å². The molecule has 0 rings (SSSR count). The zero-order valence-corrected chi connectivity index (χ0v) is 4.74. The van der Waals surface area contributed by atoms with Crippen molar-refractivity contribution in [2.45, 2.75) is 0 Å². The highest BCUT2D eigenvalue weighted by molar-refractivity contribution is 4.35. The third-order valence-electron chi connectivity index (χ3n) is 0.802. The molecule has 0 amide bonds. The quantitative estimate of drug-likeness (QED) is 0.510. The van der Waals surface area contributed by atoms with E-state index in [-0.39, 0.29) is 6.67 Å². The highest BCUT2D eigenvalue weighted by Gasteiger charge is 1.87. The van der Waals surface area contributed by atoms with Gasteiger partial charge in [-0.05, 0) is 7.05 Å². The van der Waals surface area contributed by atoms with E-state index in [0.29, 0.717) is 6.54 Å². The summed E-state index contributed by atoms with van der Waals surface area (Å²) >= 11 is 0. The molecule has 0 aromatic rings. The zero-order valence-electron chi connectivity index (χ0n) is 4.74. The minimum atomic E-state index is -0.294. The summed E-state index contributed by atoms with van der Waals surface area (Å²) in [6.07, 6.45) is 0. The molecule has 44 valence electrons. The molecule has 0 bridgehead atoms. The van der Waals surface area contributed by atoms with E-state index in [1.54, 1.807) is 19.1 Å². The molecule has 0 saturated heterocycles. The molecular formula is C4H11FN2. The number of nitrogens with zero attached hydrogens (tertiary/aromatic N) is 1. The summed E-state index contributed by atoms with van der Waals surface area (Å²) in [6, 6.07) is 0. The van der Waals surface area contributed by atoms with Crippen molar-refractivity contribution in [3.63, 3.8) is 0 Å². The fourth-order valence-electron chi connectivity index (χ4n) is 0.239. The molecule has 0 aliphatic carbocycles. The van der Waals surface area contributed by atoms with Gasteiger partial charge in [0.1, 0.15) is 6.67 Å². The topological polar surface area (TPSA) is 15.3 Å². The van der Waals surface area contributed by atoms with Gasteiger partial charge in [0.15, 0.2) is 0 Å². The molecule has 0 heterocycles. The summed E-state index contributed by atoms with van der Waals surface area (Å²) < 4.78 is 11.3. The van der Waals surface area contributed by atoms with E-state index in [9.17, 15) is 4.39 Å². The van der Waals surface area contributed by atoms with Crippen LogP contribution in [0.5, 0.6) is 0 Å². The summed E-state index contributed by atoms with van der Waals surface area (Å²) in [5.41, 5.74) is 2.76. The number of alkyl halides is 1. The molecule has 0 radical (unpaired) electrons. The van der Waals surface area contributed by atoms with Crippen LogP contribution in [0.25, 0.3) is 0 Å². The van der Waals surface area contributed by atoms with Crippen LogP contribution in [0.3, 0.4) is 0 Å². The van der Waals surface area contributed by atoms with Gasteiger partial charge >= 0.3 is 0 Å². The Morgan fingerprint density at radius 1 is 1.71 bits per heavy atom. The number of rotatable bonds is 3. The van der Waals surface area contributed by atoms with Gasteiger partial charge in [-0.15, -0.1) is 0 Å². The number of halogens is 1. The maximum absolute atomic E-state index is 11.3. The minimum absolute atomic E-state index is 0.294. The SMILES string of the molecule is CNN(C)CCF. The molecule has 0 aromatic heterocycles. The van der Waals surface area contributed by atoms with Crippen LogP contribution >= 0.6 is 0 Å².